The molecule has 0 radical (unpaired) electrons. The van der Waals surface area contributed by atoms with Gasteiger partial charge in [-0.15, -0.1) is 10.2 Å². The van der Waals surface area contributed by atoms with Crippen molar-refractivity contribution in [2.24, 2.45) is 0 Å². The highest BCUT2D eigenvalue weighted by atomic mass is 32.2. The first-order valence-electron chi connectivity index (χ1n) is 8.22. The molecule has 2 N–H and O–H groups in total. The van der Waals surface area contributed by atoms with Crippen LogP contribution < -0.4 is 10.0 Å². The van der Waals surface area contributed by atoms with E-state index in [1.54, 1.807) is 32.0 Å². The van der Waals surface area contributed by atoms with E-state index in [9.17, 15) is 12.8 Å². The van der Waals surface area contributed by atoms with Gasteiger partial charge in [0.2, 0.25) is 0 Å². The Balaban J connectivity index is 1.81. The number of rotatable bonds is 5. The molecule has 6 nitrogen and oxygen atoms in total. The van der Waals surface area contributed by atoms with Crippen molar-refractivity contribution >= 4 is 27.3 Å². The highest BCUT2D eigenvalue weighted by Gasteiger charge is 2.20. The lowest BCUT2D eigenvalue weighted by atomic mass is 10.1. The number of anilines is 3. The Morgan fingerprint density at radius 2 is 1.48 bits per heavy atom. The van der Waals surface area contributed by atoms with Crippen molar-refractivity contribution in [1.29, 1.82) is 0 Å². The fraction of sp³-hybridized carbons (Fsp3) is 0.158. The smallest absolute Gasteiger partial charge is 0.263 e. The van der Waals surface area contributed by atoms with Crippen LogP contribution in [0.1, 0.15) is 16.7 Å². The minimum atomic E-state index is -3.80. The summed E-state index contributed by atoms with van der Waals surface area (Å²) in [6, 6.07) is 12.8. The summed E-state index contributed by atoms with van der Waals surface area (Å²) in [6.45, 7) is 5.42. The van der Waals surface area contributed by atoms with E-state index in [2.05, 4.69) is 20.2 Å². The summed E-state index contributed by atoms with van der Waals surface area (Å²) >= 11 is 0. The quantitative estimate of drug-likeness (QED) is 0.690. The third-order valence-corrected chi connectivity index (χ3v) is 5.57. The normalized spacial score (nSPS) is 11.3. The Morgan fingerprint density at radius 1 is 0.889 bits per heavy atom. The van der Waals surface area contributed by atoms with Gasteiger partial charge < -0.3 is 5.32 Å². The van der Waals surface area contributed by atoms with Gasteiger partial charge in [-0.2, -0.15) is 0 Å². The molecule has 1 aromatic heterocycles. The highest BCUT2D eigenvalue weighted by molar-refractivity contribution is 7.92. The molecule has 0 aliphatic carbocycles. The molecule has 1 heterocycles. The number of nitrogens with zero attached hydrogens (tertiary/aromatic N) is 2. The van der Waals surface area contributed by atoms with Crippen molar-refractivity contribution < 1.29 is 12.8 Å². The predicted octanol–water partition coefficient (Wildman–Crippen LogP) is 4.09. The van der Waals surface area contributed by atoms with Crippen molar-refractivity contribution in [3.05, 3.63) is 71.0 Å². The number of sulfonamides is 1. The van der Waals surface area contributed by atoms with Crippen LogP contribution in [0, 0.1) is 26.6 Å². The maximum Gasteiger partial charge on any atom is 0.263 e. The molecule has 8 heteroatoms. The van der Waals surface area contributed by atoms with Gasteiger partial charge >= 0.3 is 0 Å². The molecule has 0 amide bonds. The fourth-order valence-electron chi connectivity index (χ4n) is 2.93. The van der Waals surface area contributed by atoms with Gasteiger partial charge in [0.25, 0.3) is 10.0 Å². The topological polar surface area (TPSA) is 84.0 Å². The molecule has 0 saturated heterocycles. The molecule has 0 aliphatic rings. The minimum absolute atomic E-state index is 0.0773. The summed E-state index contributed by atoms with van der Waals surface area (Å²) in [5.41, 5.74) is 2.56. The van der Waals surface area contributed by atoms with Gasteiger partial charge in [-0.05, 0) is 56.2 Å². The Hall–Kier alpha value is -3.00. The minimum Gasteiger partial charge on any atom is -0.336 e. The van der Waals surface area contributed by atoms with Crippen LogP contribution in [0.25, 0.3) is 0 Å². The molecule has 27 heavy (non-hydrogen) atoms. The number of aromatic nitrogens is 2. The van der Waals surface area contributed by atoms with Crippen LogP contribution in [-0.2, 0) is 10.0 Å². The zero-order valence-electron chi connectivity index (χ0n) is 15.1. The van der Waals surface area contributed by atoms with Crippen LogP contribution in [0.4, 0.5) is 21.7 Å². The van der Waals surface area contributed by atoms with E-state index in [1.165, 1.54) is 18.2 Å². The van der Waals surface area contributed by atoms with Gasteiger partial charge in [0, 0.05) is 0 Å². The standard InChI is InChI=1S/C19H19FN4O2S/c1-12-10-13(2)19(14(3)11-12)27(25,26)24-18-9-8-17(22-23-18)21-16-7-5-4-6-15(16)20/h4-11H,1-3H3,(H,21,22)(H,23,24). The molecule has 0 spiro atoms. The number of halogens is 1. The zero-order valence-corrected chi connectivity index (χ0v) is 15.9. The first-order valence-corrected chi connectivity index (χ1v) is 9.70. The molecular formula is C19H19FN4O2S. The Kier molecular flexibility index (Phi) is 5.09. The van der Waals surface area contributed by atoms with E-state index in [1.807, 2.05) is 19.1 Å². The molecule has 140 valence electrons. The van der Waals surface area contributed by atoms with Gasteiger partial charge in [0.05, 0.1) is 10.6 Å². The lowest BCUT2D eigenvalue weighted by Gasteiger charge is -2.13. The van der Waals surface area contributed by atoms with Gasteiger partial charge in [-0.3, -0.25) is 4.72 Å². The third kappa shape index (κ3) is 4.22. The molecule has 0 bridgehead atoms. The molecule has 0 unspecified atom stereocenters. The SMILES string of the molecule is Cc1cc(C)c(S(=O)(=O)Nc2ccc(Nc3ccccc3F)nn2)c(C)c1. The van der Waals surface area contributed by atoms with Crippen molar-refractivity contribution in [2.75, 3.05) is 10.0 Å². The summed E-state index contributed by atoms with van der Waals surface area (Å²) in [4.78, 5) is 0.225. The second kappa shape index (κ2) is 7.32. The molecule has 3 rings (SSSR count). The summed E-state index contributed by atoms with van der Waals surface area (Å²) in [6.07, 6.45) is 0. The maximum absolute atomic E-state index is 13.7. The van der Waals surface area contributed by atoms with Crippen LogP contribution in [0.5, 0.6) is 0 Å². The van der Waals surface area contributed by atoms with Gasteiger partial charge in [-0.1, -0.05) is 29.8 Å². The second-order valence-corrected chi connectivity index (χ2v) is 7.86. The van der Waals surface area contributed by atoms with Crippen LogP contribution in [0.3, 0.4) is 0 Å². The largest absolute Gasteiger partial charge is 0.336 e. The molecular weight excluding hydrogens is 367 g/mol. The summed E-state index contributed by atoms with van der Waals surface area (Å²) in [5, 5.41) is 10.6. The molecule has 0 aliphatic heterocycles. The van der Waals surface area contributed by atoms with E-state index in [0.717, 1.165) is 5.56 Å². The number of nitrogens with one attached hydrogen (secondary N) is 2. The van der Waals surface area contributed by atoms with E-state index in [-0.39, 0.29) is 16.4 Å². The van der Waals surface area contributed by atoms with Crippen molar-refractivity contribution in [1.82, 2.24) is 10.2 Å². The Labute approximate surface area is 157 Å². The van der Waals surface area contributed by atoms with Crippen LogP contribution in [0.15, 0.2) is 53.4 Å². The van der Waals surface area contributed by atoms with Crippen LogP contribution in [-0.4, -0.2) is 18.6 Å². The number of hydrogen-bond donors (Lipinski definition) is 2. The Morgan fingerprint density at radius 3 is 2.07 bits per heavy atom. The monoisotopic (exact) mass is 386 g/mol. The number of benzene rings is 2. The molecule has 2 aromatic carbocycles. The molecule has 0 fully saturated rings. The first kappa shape index (κ1) is 18.8. The second-order valence-electron chi connectivity index (χ2n) is 6.24. The highest BCUT2D eigenvalue weighted by Crippen LogP contribution is 2.24. The lowest BCUT2D eigenvalue weighted by Crippen LogP contribution is -2.17. The predicted molar refractivity (Wildman–Crippen MR) is 103 cm³/mol. The van der Waals surface area contributed by atoms with Crippen LogP contribution >= 0.6 is 0 Å². The average molecular weight is 386 g/mol. The van der Waals surface area contributed by atoms with E-state index < -0.39 is 15.8 Å². The molecule has 0 saturated carbocycles. The molecule has 3 aromatic rings. The summed E-state index contributed by atoms with van der Waals surface area (Å²) in [5.74, 6) is -0.0476. The average Bonchev–Trinajstić information content (AvgIpc) is 2.57. The number of hydrogen-bond acceptors (Lipinski definition) is 5. The molecule has 0 atom stereocenters. The van der Waals surface area contributed by atoms with E-state index >= 15 is 0 Å². The van der Waals surface area contributed by atoms with Crippen molar-refractivity contribution in [3.63, 3.8) is 0 Å². The lowest BCUT2D eigenvalue weighted by molar-refractivity contribution is 0.599. The first-order chi connectivity index (χ1) is 12.8. The van der Waals surface area contributed by atoms with E-state index in [4.69, 9.17) is 0 Å². The summed E-state index contributed by atoms with van der Waals surface area (Å²) < 4.78 is 41.6. The number of aryl methyl sites for hydroxylation is 3. The fourth-order valence-corrected chi connectivity index (χ4v) is 4.39. The maximum atomic E-state index is 13.7. The number of para-hydroxylation sites is 1. The zero-order chi connectivity index (χ0) is 19.6. The van der Waals surface area contributed by atoms with Crippen LogP contribution in [0.2, 0.25) is 0 Å². The van der Waals surface area contributed by atoms with Gasteiger partial charge in [0.1, 0.15) is 5.82 Å². The van der Waals surface area contributed by atoms with E-state index in [0.29, 0.717) is 16.9 Å². The van der Waals surface area contributed by atoms with Crippen molar-refractivity contribution in [3.8, 4) is 0 Å². The third-order valence-electron chi connectivity index (χ3n) is 3.91. The van der Waals surface area contributed by atoms with Gasteiger partial charge in [-0.25, -0.2) is 12.8 Å². The van der Waals surface area contributed by atoms with Crippen molar-refractivity contribution in [2.45, 2.75) is 25.7 Å². The Bertz CT molecular complexity index is 1060. The van der Waals surface area contributed by atoms with Gasteiger partial charge in [0.15, 0.2) is 11.6 Å². The summed E-state index contributed by atoms with van der Waals surface area (Å²) in [7, 11) is -3.80.